The molecule has 0 aliphatic rings. The Balaban J connectivity index is 0. The van der Waals surface area contributed by atoms with Gasteiger partial charge in [-0.15, -0.1) is 0 Å². The lowest BCUT2D eigenvalue weighted by Crippen LogP contribution is -2.32. The fourth-order valence-corrected chi connectivity index (χ4v) is 0.760. The average Bonchev–Trinajstić information content (AvgIpc) is 2.19. The summed E-state index contributed by atoms with van der Waals surface area (Å²) in [7, 11) is -3.88. The molecule has 0 radical (unpaired) electrons. The highest BCUT2D eigenvalue weighted by Crippen LogP contribution is 1.84. The summed E-state index contributed by atoms with van der Waals surface area (Å²) >= 11 is 0. The molecule has 0 aromatic carbocycles. The van der Waals surface area contributed by atoms with E-state index in [2.05, 4.69) is 5.73 Å². The van der Waals surface area contributed by atoms with E-state index in [0.29, 0.717) is 19.6 Å². The van der Waals surface area contributed by atoms with Crippen LogP contribution in [0.4, 0.5) is 0 Å². The maximum atomic E-state index is 9.43. The first-order chi connectivity index (χ1) is 7.41. The van der Waals surface area contributed by atoms with Gasteiger partial charge in [0.2, 0.25) is 0 Å². The smallest absolute Gasteiger partial charge is 0.277 e. The summed E-state index contributed by atoms with van der Waals surface area (Å²) < 4.78 is 26.5. The molecular formula is C7H20N2O6S. The summed E-state index contributed by atoms with van der Waals surface area (Å²) in [6.45, 7) is 1.75. The molecule has 0 aromatic heterocycles. The van der Waals surface area contributed by atoms with Crippen LogP contribution in [0.1, 0.15) is 0 Å². The molecule has 0 unspecified atom stereocenters. The molecule has 0 heterocycles. The maximum Gasteiger partial charge on any atom is 0.277 e. The Kier molecular flexibility index (Phi) is 12.7. The Hall–Kier alpha value is -0.290. The largest absolute Gasteiger partial charge is 0.395 e. The van der Waals surface area contributed by atoms with Gasteiger partial charge in [-0.25, -0.2) is 0 Å². The zero-order valence-electron chi connectivity index (χ0n) is 8.99. The third kappa shape index (κ3) is 16.2. The number of nitrogens with zero attached hydrogens (tertiary/aromatic N) is 1. The topological polar surface area (TPSA) is 144 Å². The van der Waals surface area contributed by atoms with E-state index in [1.54, 1.807) is 4.90 Å². The molecule has 0 aliphatic carbocycles. The normalized spacial score (nSPS) is 11.1. The highest BCUT2D eigenvalue weighted by atomic mass is 32.2. The van der Waals surface area contributed by atoms with Crippen molar-refractivity contribution in [3.8, 4) is 0 Å². The van der Waals surface area contributed by atoms with Crippen LogP contribution in [0.2, 0.25) is 0 Å². The summed E-state index contributed by atoms with van der Waals surface area (Å²) in [6, 6.07) is 0. The molecule has 0 spiro atoms. The van der Waals surface area contributed by atoms with Crippen molar-refractivity contribution >= 4 is 10.1 Å². The minimum absolute atomic E-state index is 0.0694. The van der Waals surface area contributed by atoms with Crippen molar-refractivity contribution in [1.29, 1.82) is 0 Å². The van der Waals surface area contributed by atoms with Gasteiger partial charge in [0.15, 0.2) is 0 Å². The van der Waals surface area contributed by atoms with E-state index in [-0.39, 0.29) is 19.8 Å². The number of rotatable bonds is 7. The highest BCUT2D eigenvalue weighted by Gasteiger charge is 2.00. The lowest BCUT2D eigenvalue weighted by atomic mass is 10.4. The second-order valence-corrected chi connectivity index (χ2v) is 4.26. The third-order valence-corrected chi connectivity index (χ3v) is 1.88. The molecule has 0 rings (SSSR count). The zero-order chi connectivity index (χ0) is 13.0. The molecule has 100 valence electrons. The molecule has 0 atom stereocenters. The van der Waals surface area contributed by atoms with Crippen LogP contribution in [0.5, 0.6) is 0 Å². The average molecular weight is 260 g/mol. The van der Waals surface area contributed by atoms with Crippen LogP contribution >= 0.6 is 0 Å². The first-order valence-corrected chi connectivity index (χ1v) is 6.22. The van der Waals surface area contributed by atoms with Crippen molar-refractivity contribution in [2.75, 3.05) is 45.3 Å². The Morgan fingerprint density at radius 1 is 0.938 bits per heavy atom. The van der Waals surface area contributed by atoms with E-state index in [1.807, 2.05) is 0 Å². The van der Waals surface area contributed by atoms with E-state index in [4.69, 9.17) is 19.9 Å². The quantitative estimate of drug-likeness (QED) is 0.306. The zero-order valence-corrected chi connectivity index (χ0v) is 9.80. The summed E-state index contributed by atoms with van der Waals surface area (Å²) in [5, 5.41) is 25.5. The van der Waals surface area contributed by atoms with Crippen LogP contribution in [-0.2, 0) is 10.1 Å². The summed E-state index contributed by atoms with van der Waals surface area (Å²) in [6.07, 6.45) is 0. The van der Waals surface area contributed by atoms with Crippen molar-refractivity contribution < 1.29 is 28.3 Å². The third-order valence-electron chi connectivity index (χ3n) is 1.46. The molecule has 9 heteroatoms. The highest BCUT2D eigenvalue weighted by molar-refractivity contribution is 7.85. The standard InChI is InChI=1S/C6H15NO3.CH5NO3S/c8-4-1-7(2-5-9)3-6-10;2-1-6(3,4)5/h8-10H,1-6H2;1-2H2,(H,3,4,5). The number of aliphatic hydroxyl groups is 3. The van der Waals surface area contributed by atoms with E-state index >= 15 is 0 Å². The molecule has 0 aliphatic heterocycles. The molecule has 6 N–H and O–H groups in total. The Bertz CT molecular complexity index is 219. The predicted molar refractivity (Wildman–Crippen MR) is 58.3 cm³/mol. The fraction of sp³-hybridized carbons (Fsp3) is 1.00. The van der Waals surface area contributed by atoms with E-state index < -0.39 is 16.0 Å². The molecule has 0 fully saturated rings. The van der Waals surface area contributed by atoms with Crippen LogP contribution in [0.3, 0.4) is 0 Å². The Morgan fingerprint density at radius 3 is 1.31 bits per heavy atom. The van der Waals surface area contributed by atoms with Crippen molar-refractivity contribution in [1.82, 2.24) is 4.90 Å². The van der Waals surface area contributed by atoms with Crippen molar-refractivity contribution in [3.63, 3.8) is 0 Å². The molecule has 0 amide bonds. The first kappa shape index (κ1) is 18.1. The van der Waals surface area contributed by atoms with Gasteiger partial charge in [-0.1, -0.05) is 0 Å². The van der Waals surface area contributed by atoms with E-state index in [1.165, 1.54) is 0 Å². The van der Waals surface area contributed by atoms with Gasteiger partial charge in [-0.3, -0.25) is 9.45 Å². The van der Waals surface area contributed by atoms with Gasteiger partial charge >= 0.3 is 0 Å². The van der Waals surface area contributed by atoms with Crippen LogP contribution in [0.15, 0.2) is 0 Å². The lowest BCUT2D eigenvalue weighted by Gasteiger charge is -2.17. The minimum Gasteiger partial charge on any atom is -0.395 e. The monoisotopic (exact) mass is 260 g/mol. The van der Waals surface area contributed by atoms with Crippen LogP contribution in [-0.4, -0.2) is 78.5 Å². The van der Waals surface area contributed by atoms with Gasteiger partial charge in [-0.05, 0) is 0 Å². The first-order valence-electron chi connectivity index (χ1n) is 4.61. The van der Waals surface area contributed by atoms with Crippen LogP contribution < -0.4 is 5.73 Å². The van der Waals surface area contributed by atoms with Crippen molar-refractivity contribution in [3.05, 3.63) is 0 Å². The molecule has 0 bridgehead atoms. The Labute approximate surface area is 95.0 Å². The number of aliphatic hydroxyl groups excluding tert-OH is 3. The van der Waals surface area contributed by atoms with Crippen molar-refractivity contribution in [2.45, 2.75) is 0 Å². The van der Waals surface area contributed by atoms with E-state index in [9.17, 15) is 8.42 Å². The second kappa shape index (κ2) is 11.2. The SMILES string of the molecule is NCS(=O)(=O)O.OCCN(CCO)CCO. The molecule has 16 heavy (non-hydrogen) atoms. The van der Waals surface area contributed by atoms with Gasteiger partial charge < -0.3 is 21.1 Å². The number of hydrogen-bond acceptors (Lipinski definition) is 7. The fourth-order valence-electron chi connectivity index (χ4n) is 0.760. The van der Waals surface area contributed by atoms with Gasteiger partial charge in [0.05, 0.1) is 19.8 Å². The lowest BCUT2D eigenvalue weighted by molar-refractivity contribution is 0.136. The molecule has 0 aromatic rings. The van der Waals surface area contributed by atoms with Gasteiger partial charge in [0, 0.05) is 19.6 Å². The predicted octanol–water partition coefficient (Wildman–Crippen LogP) is -2.94. The summed E-state index contributed by atoms with van der Waals surface area (Å²) in [4.78, 5) is 1.79. The van der Waals surface area contributed by atoms with E-state index in [0.717, 1.165) is 0 Å². The molecule has 8 nitrogen and oxygen atoms in total. The van der Waals surface area contributed by atoms with Gasteiger partial charge in [0.1, 0.15) is 5.88 Å². The van der Waals surface area contributed by atoms with Crippen LogP contribution in [0.25, 0.3) is 0 Å². The van der Waals surface area contributed by atoms with Crippen LogP contribution in [0, 0.1) is 0 Å². The molecule has 0 saturated heterocycles. The van der Waals surface area contributed by atoms with Crippen molar-refractivity contribution in [2.24, 2.45) is 5.73 Å². The number of hydrogen-bond donors (Lipinski definition) is 5. The summed E-state index contributed by atoms with van der Waals surface area (Å²) in [5.41, 5.74) is 4.47. The Morgan fingerprint density at radius 2 is 1.19 bits per heavy atom. The minimum atomic E-state index is -3.88. The summed E-state index contributed by atoms with van der Waals surface area (Å²) in [5.74, 6) is -0.701. The van der Waals surface area contributed by atoms with Gasteiger partial charge in [-0.2, -0.15) is 8.42 Å². The van der Waals surface area contributed by atoms with Gasteiger partial charge in [0.25, 0.3) is 10.1 Å². The molecular weight excluding hydrogens is 240 g/mol. The second-order valence-electron chi connectivity index (χ2n) is 2.76. The molecule has 0 saturated carbocycles. The maximum absolute atomic E-state index is 9.43. The number of nitrogens with two attached hydrogens (primary N) is 1.